The average molecular weight is 305 g/mol. The van der Waals surface area contributed by atoms with Gasteiger partial charge < -0.3 is 15.5 Å². The van der Waals surface area contributed by atoms with Gasteiger partial charge in [-0.05, 0) is 37.5 Å². The third-order valence-corrected chi connectivity index (χ3v) is 5.33. The number of likely N-dealkylation sites (tertiary alicyclic amines) is 1. The summed E-state index contributed by atoms with van der Waals surface area (Å²) >= 11 is 0. The summed E-state index contributed by atoms with van der Waals surface area (Å²) in [7, 11) is 0. The maximum atomic E-state index is 12.2. The molecule has 0 aromatic heterocycles. The van der Waals surface area contributed by atoms with Gasteiger partial charge >= 0.3 is 6.03 Å². The molecule has 0 aromatic rings. The fourth-order valence-corrected chi connectivity index (χ4v) is 3.98. The Labute approximate surface area is 132 Å². The van der Waals surface area contributed by atoms with E-state index in [0.717, 1.165) is 38.8 Å². The fourth-order valence-electron chi connectivity index (χ4n) is 3.98. The largest absolute Gasteiger partial charge is 0.354 e. The number of hydrogen-bond donors (Lipinski definition) is 2. The van der Waals surface area contributed by atoms with Gasteiger partial charge in [0.1, 0.15) is 0 Å². The van der Waals surface area contributed by atoms with Crippen LogP contribution in [0.4, 0.5) is 4.79 Å². The minimum absolute atomic E-state index is 0.0181. The summed E-state index contributed by atoms with van der Waals surface area (Å²) in [6.07, 6.45) is 11.0. The Morgan fingerprint density at radius 1 is 0.955 bits per heavy atom. The maximum Gasteiger partial charge on any atom is 0.317 e. The summed E-state index contributed by atoms with van der Waals surface area (Å²) in [5.41, 5.74) is 0. The lowest BCUT2D eigenvalue weighted by atomic mass is 9.86. The number of carbonyl (C=O) groups excluding carboxylic acids is 2. The molecule has 1 saturated carbocycles. The Morgan fingerprint density at radius 2 is 1.55 bits per heavy atom. The van der Waals surface area contributed by atoms with E-state index in [1.165, 1.54) is 12.8 Å². The Balaban J connectivity index is 1.32. The first-order valence-electron chi connectivity index (χ1n) is 8.69. The predicted molar refractivity (Wildman–Crippen MR) is 85.3 cm³/mol. The number of nitrogens with one attached hydrogen (secondary N) is 2. The van der Waals surface area contributed by atoms with Crippen molar-refractivity contribution in [1.29, 1.82) is 0 Å². The summed E-state index contributed by atoms with van der Waals surface area (Å²) in [6, 6.07) is 0.0181. The molecule has 1 heterocycles. The van der Waals surface area contributed by atoms with Gasteiger partial charge in [-0.15, -0.1) is 0 Å². The normalized spacial score (nSPS) is 27.7. The van der Waals surface area contributed by atoms with E-state index >= 15 is 0 Å². The van der Waals surface area contributed by atoms with E-state index in [2.05, 4.69) is 22.8 Å². The minimum Gasteiger partial charge on any atom is -0.354 e. The lowest BCUT2D eigenvalue weighted by Crippen LogP contribution is -2.42. The van der Waals surface area contributed by atoms with Crippen LogP contribution in [0.2, 0.25) is 0 Å². The third-order valence-electron chi connectivity index (χ3n) is 5.33. The molecule has 0 unspecified atom stereocenters. The van der Waals surface area contributed by atoms with Gasteiger partial charge in [0.2, 0.25) is 5.91 Å². The predicted octanol–water partition coefficient (Wildman–Crippen LogP) is 1.90. The summed E-state index contributed by atoms with van der Waals surface area (Å²) in [5, 5.41) is 5.87. The topological polar surface area (TPSA) is 61.4 Å². The standard InChI is InChI=1S/C17H27N3O2/c21-16(13-5-1-2-6-13)18-9-10-19-17(22)20-11-14-7-3-4-8-15(14)12-20/h3-4,13-15H,1-2,5-12H2,(H,18,21)(H,19,22)/t14-,15+. The summed E-state index contributed by atoms with van der Waals surface area (Å²) in [5.74, 6) is 1.63. The van der Waals surface area contributed by atoms with Crippen LogP contribution in [-0.2, 0) is 4.79 Å². The van der Waals surface area contributed by atoms with Crippen molar-refractivity contribution in [3.63, 3.8) is 0 Å². The zero-order valence-corrected chi connectivity index (χ0v) is 13.2. The molecule has 2 N–H and O–H groups in total. The lowest BCUT2D eigenvalue weighted by molar-refractivity contribution is -0.124. The lowest BCUT2D eigenvalue weighted by Gasteiger charge is -2.17. The molecule has 2 fully saturated rings. The van der Waals surface area contributed by atoms with E-state index < -0.39 is 0 Å². The fraction of sp³-hybridized carbons (Fsp3) is 0.765. The highest BCUT2D eigenvalue weighted by Crippen LogP contribution is 2.32. The van der Waals surface area contributed by atoms with Crippen molar-refractivity contribution in [2.45, 2.75) is 38.5 Å². The molecule has 122 valence electrons. The van der Waals surface area contributed by atoms with Gasteiger partial charge in [-0.1, -0.05) is 25.0 Å². The Morgan fingerprint density at radius 3 is 2.18 bits per heavy atom. The zero-order chi connectivity index (χ0) is 15.4. The van der Waals surface area contributed by atoms with Gasteiger partial charge in [0, 0.05) is 32.1 Å². The first kappa shape index (κ1) is 15.4. The highest BCUT2D eigenvalue weighted by atomic mass is 16.2. The Hall–Kier alpha value is -1.52. The van der Waals surface area contributed by atoms with Crippen LogP contribution in [0.1, 0.15) is 38.5 Å². The zero-order valence-electron chi connectivity index (χ0n) is 13.2. The quantitative estimate of drug-likeness (QED) is 0.615. The number of urea groups is 1. The first-order chi connectivity index (χ1) is 10.7. The smallest absolute Gasteiger partial charge is 0.317 e. The summed E-state index contributed by atoms with van der Waals surface area (Å²) in [6.45, 7) is 2.79. The van der Waals surface area contributed by atoms with Gasteiger partial charge in [0.15, 0.2) is 0 Å². The molecule has 5 nitrogen and oxygen atoms in total. The molecular formula is C17H27N3O2. The number of fused-ring (bicyclic) bond motifs is 1. The van der Waals surface area contributed by atoms with Crippen LogP contribution in [0.3, 0.4) is 0 Å². The molecule has 0 aromatic carbocycles. The number of rotatable bonds is 4. The van der Waals surface area contributed by atoms with E-state index in [1.54, 1.807) is 0 Å². The van der Waals surface area contributed by atoms with Crippen molar-refractivity contribution in [2.75, 3.05) is 26.2 Å². The van der Waals surface area contributed by atoms with Crippen molar-refractivity contribution < 1.29 is 9.59 Å². The highest BCUT2D eigenvalue weighted by molar-refractivity contribution is 5.79. The van der Waals surface area contributed by atoms with Crippen LogP contribution in [0.25, 0.3) is 0 Å². The van der Waals surface area contributed by atoms with E-state index in [4.69, 9.17) is 0 Å². The molecule has 22 heavy (non-hydrogen) atoms. The molecule has 0 spiro atoms. The van der Waals surface area contributed by atoms with Gasteiger partial charge in [-0.25, -0.2) is 4.79 Å². The average Bonchev–Trinajstić information content (AvgIpc) is 3.19. The van der Waals surface area contributed by atoms with Crippen molar-refractivity contribution in [3.05, 3.63) is 12.2 Å². The molecule has 3 rings (SSSR count). The van der Waals surface area contributed by atoms with Crippen LogP contribution >= 0.6 is 0 Å². The monoisotopic (exact) mass is 305 g/mol. The van der Waals surface area contributed by atoms with Gasteiger partial charge in [-0.3, -0.25) is 4.79 Å². The third kappa shape index (κ3) is 3.62. The molecule has 5 heteroatoms. The molecule has 3 aliphatic rings. The van der Waals surface area contributed by atoms with Crippen LogP contribution in [0.15, 0.2) is 12.2 Å². The second kappa shape index (κ2) is 7.16. The number of hydrogen-bond acceptors (Lipinski definition) is 2. The number of carbonyl (C=O) groups is 2. The molecule has 2 aliphatic carbocycles. The van der Waals surface area contributed by atoms with Crippen molar-refractivity contribution in [1.82, 2.24) is 15.5 Å². The van der Waals surface area contributed by atoms with Crippen molar-refractivity contribution in [3.8, 4) is 0 Å². The number of amides is 3. The van der Waals surface area contributed by atoms with Crippen molar-refractivity contribution >= 4 is 11.9 Å². The summed E-state index contributed by atoms with van der Waals surface area (Å²) in [4.78, 5) is 26.0. The van der Waals surface area contributed by atoms with Crippen molar-refractivity contribution in [2.24, 2.45) is 17.8 Å². The van der Waals surface area contributed by atoms with E-state index in [-0.39, 0.29) is 17.9 Å². The molecule has 2 atom stereocenters. The van der Waals surface area contributed by atoms with E-state index in [1.807, 2.05) is 4.90 Å². The molecule has 1 saturated heterocycles. The van der Waals surface area contributed by atoms with E-state index in [9.17, 15) is 9.59 Å². The molecule has 0 radical (unpaired) electrons. The SMILES string of the molecule is O=C(NCCNC(=O)N1C[C@H]2CC=CC[C@H]2C1)C1CCCC1. The van der Waals surface area contributed by atoms with Gasteiger partial charge in [0.25, 0.3) is 0 Å². The van der Waals surface area contributed by atoms with Crippen LogP contribution in [0.5, 0.6) is 0 Å². The van der Waals surface area contributed by atoms with Crippen LogP contribution in [-0.4, -0.2) is 43.0 Å². The second-order valence-corrected chi connectivity index (χ2v) is 6.87. The number of allylic oxidation sites excluding steroid dienone is 2. The van der Waals surface area contributed by atoms with Crippen LogP contribution < -0.4 is 10.6 Å². The maximum absolute atomic E-state index is 12.2. The van der Waals surface area contributed by atoms with Gasteiger partial charge in [0.05, 0.1) is 0 Å². The Kier molecular flexibility index (Phi) is 5.01. The molecule has 1 aliphatic heterocycles. The van der Waals surface area contributed by atoms with Crippen LogP contribution in [0, 0.1) is 17.8 Å². The minimum atomic E-state index is 0.0181. The molecule has 3 amide bonds. The van der Waals surface area contributed by atoms with Gasteiger partial charge in [-0.2, -0.15) is 0 Å². The second-order valence-electron chi connectivity index (χ2n) is 6.87. The molecular weight excluding hydrogens is 278 g/mol. The first-order valence-corrected chi connectivity index (χ1v) is 8.69. The Bertz CT molecular complexity index is 427. The summed E-state index contributed by atoms with van der Waals surface area (Å²) < 4.78 is 0. The highest BCUT2D eigenvalue weighted by Gasteiger charge is 2.34. The van der Waals surface area contributed by atoms with E-state index in [0.29, 0.717) is 24.9 Å². The molecule has 0 bridgehead atoms. The number of nitrogens with zero attached hydrogens (tertiary/aromatic N) is 1.